The zero-order chi connectivity index (χ0) is 17.6. The fourth-order valence-electron chi connectivity index (χ4n) is 3.59. The molecule has 0 bridgehead atoms. The zero-order valence-electron chi connectivity index (χ0n) is 15.0. The maximum absolute atomic E-state index is 13.9. The summed E-state index contributed by atoms with van der Waals surface area (Å²) < 4.78 is 24.7. The van der Waals surface area contributed by atoms with Gasteiger partial charge in [-0.2, -0.15) is 0 Å². The summed E-state index contributed by atoms with van der Waals surface area (Å²) in [6, 6.07) is 5.26. The van der Waals surface area contributed by atoms with Crippen molar-refractivity contribution in [1.29, 1.82) is 0 Å². The first kappa shape index (κ1) is 19.1. The van der Waals surface area contributed by atoms with Gasteiger partial charge in [0.1, 0.15) is 17.1 Å². The van der Waals surface area contributed by atoms with Gasteiger partial charge in [-0.05, 0) is 31.4 Å². The van der Waals surface area contributed by atoms with Gasteiger partial charge < -0.3 is 14.0 Å². The van der Waals surface area contributed by atoms with Crippen molar-refractivity contribution in [2.45, 2.75) is 57.5 Å². The largest absolute Gasteiger partial charge is 0.496 e. The third-order valence-corrected chi connectivity index (χ3v) is 8.58. The van der Waals surface area contributed by atoms with Gasteiger partial charge in [0.15, 0.2) is 7.14 Å². The Balaban J connectivity index is 2.46. The van der Waals surface area contributed by atoms with Crippen molar-refractivity contribution < 1.29 is 18.8 Å². The van der Waals surface area contributed by atoms with E-state index in [2.05, 4.69) is 6.92 Å². The molecule has 1 aromatic carbocycles. The molecule has 1 aliphatic rings. The summed E-state index contributed by atoms with van der Waals surface area (Å²) in [6.07, 6.45) is 7.34. The number of benzene rings is 1. The monoisotopic (exact) mass is 352 g/mol. The maximum atomic E-state index is 13.9. The highest BCUT2D eigenvalue weighted by Crippen LogP contribution is 2.60. The smallest absolute Gasteiger partial charge is 0.229 e. The number of carbonyl (C=O) groups excluding carboxylic acids is 1. The van der Waals surface area contributed by atoms with Crippen molar-refractivity contribution in [2.24, 2.45) is 0 Å². The molecule has 1 aromatic rings. The predicted octanol–water partition coefficient (Wildman–Crippen LogP) is 5.34. The van der Waals surface area contributed by atoms with Crippen LogP contribution in [0.5, 0.6) is 11.5 Å². The third kappa shape index (κ3) is 3.85. The molecule has 1 aliphatic carbocycles. The summed E-state index contributed by atoms with van der Waals surface area (Å²) >= 11 is 0. The Bertz CT molecular complexity index is 583. The van der Waals surface area contributed by atoms with Crippen molar-refractivity contribution in [2.75, 3.05) is 20.4 Å². The van der Waals surface area contributed by atoms with E-state index in [0.717, 1.165) is 38.5 Å². The van der Waals surface area contributed by atoms with Crippen LogP contribution < -0.4 is 9.47 Å². The molecule has 1 atom stereocenters. The van der Waals surface area contributed by atoms with Gasteiger partial charge in [-0.25, -0.2) is 0 Å². The topological polar surface area (TPSA) is 52.6 Å². The van der Waals surface area contributed by atoms with Crippen LogP contribution in [0.15, 0.2) is 18.2 Å². The number of rotatable bonds is 8. The Kier molecular flexibility index (Phi) is 6.91. The first-order chi connectivity index (χ1) is 11.6. The van der Waals surface area contributed by atoms with Crippen LogP contribution in [0.3, 0.4) is 0 Å². The van der Waals surface area contributed by atoms with Gasteiger partial charge in [-0.15, -0.1) is 0 Å². The second kappa shape index (κ2) is 8.71. The van der Waals surface area contributed by atoms with Gasteiger partial charge in [-0.3, -0.25) is 4.79 Å². The van der Waals surface area contributed by atoms with Gasteiger partial charge in [0.25, 0.3) is 0 Å². The minimum absolute atomic E-state index is 0.0138. The summed E-state index contributed by atoms with van der Waals surface area (Å²) in [5, 5.41) is 0. The van der Waals surface area contributed by atoms with E-state index in [-0.39, 0.29) is 11.2 Å². The molecular weight excluding hydrogens is 323 g/mol. The van der Waals surface area contributed by atoms with Crippen LogP contribution in [0, 0.1) is 0 Å². The Morgan fingerprint density at radius 1 is 1.12 bits per heavy atom. The van der Waals surface area contributed by atoms with E-state index < -0.39 is 7.14 Å². The number of unbranched alkanes of at least 4 members (excludes halogenated alkanes) is 1. The molecule has 1 saturated carbocycles. The van der Waals surface area contributed by atoms with E-state index in [9.17, 15) is 9.36 Å². The van der Waals surface area contributed by atoms with Crippen molar-refractivity contribution in [3.8, 4) is 11.5 Å². The molecule has 134 valence electrons. The van der Waals surface area contributed by atoms with E-state index in [4.69, 9.17) is 9.47 Å². The molecule has 5 heteroatoms. The van der Waals surface area contributed by atoms with E-state index in [0.29, 0.717) is 23.2 Å². The van der Waals surface area contributed by atoms with Gasteiger partial charge in [-0.1, -0.05) is 38.7 Å². The first-order valence-corrected chi connectivity index (χ1v) is 10.9. The number of carbonyl (C=O) groups is 1. The van der Waals surface area contributed by atoms with Crippen LogP contribution in [-0.2, 0) is 4.57 Å². The van der Waals surface area contributed by atoms with Crippen molar-refractivity contribution in [3.63, 3.8) is 0 Å². The molecule has 0 spiro atoms. The standard InChI is InChI=1S/C19H29O4P/c1-4-5-14-24(21,15-10-7-6-8-11-15)19(20)18-16(22-2)12-9-13-17(18)23-3/h9,12-13,15H,4-8,10-11,14H2,1-3H3. The van der Waals surface area contributed by atoms with Crippen LogP contribution >= 0.6 is 7.14 Å². The van der Waals surface area contributed by atoms with Crippen LogP contribution in [0.2, 0.25) is 0 Å². The van der Waals surface area contributed by atoms with E-state index >= 15 is 0 Å². The van der Waals surface area contributed by atoms with Crippen LogP contribution in [-0.4, -0.2) is 31.6 Å². The normalized spacial score (nSPS) is 18.0. The van der Waals surface area contributed by atoms with Gasteiger partial charge in [0.2, 0.25) is 5.52 Å². The minimum Gasteiger partial charge on any atom is -0.496 e. The Morgan fingerprint density at radius 2 is 1.71 bits per heavy atom. The van der Waals surface area contributed by atoms with E-state index in [1.54, 1.807) is 18.2 Å². The lowest BCUT2D eigenvalue weighted by Crippen LogP contribution is -2.21. The second-order valence-corrected chi connectivity index (χ2v) is 9.68. The molecular formula is C19H29O4P. The highest BCUT2D eigenvalue weighted by Gasteiger charge is 2.42. The zero-order valence-corrected chi connectivity index (χ0v) is 15.9. The molecule has 0 aromatic heterocycles. The molecule has 1 fully saturated rings. The quantitative estimate of drug-likeness (QED) is 0.593. The van der Waals surface area contributed by atoms with Gasteiger partial charge in [0.05, 0.1) is 14.2 Å². The highest BCUT2D eigenvalue weighted by molar-refractivity contribution is 7.81. The third-order valence-electron chi connectivity index (χ3n) is 4.99. The molecule has 0 saturated heterocycles. The molecule has 24 heavy (non-hydrogen) atoms. The number of ether oxygens (including phenoxy) is 2. The van der Waals surface area contributed by atoms with Crippen molar-refractivity contribution >= 4 is 12.7 Å². The molecule has 0 amide bonds. The predicted molar refractivity (Wildman–Crippen MR) is 98.1 cm³/mol. The molecule has 4 nitrogen and oxygen atoms in total. The number of methoxy groups -OCH3 is 2. The summed E-state index contributed by atoms with van der Waals surface area (Å²) in [6.45, 7) is 2.07. The Hall–Kier alpha value is -1.28. The van der Waals surface area contributed by atoms with Gasteiger partial charge >= 0.3 is 0 Å². The molecule has 0 aliphatic heterocycles. The molecule has 1 unspecified atom stereocenters. The average molecular weight is 352 g/mol. The summed E-state index contributed by atoms with van der Waals surface area (Å²) in [5.41, 5.74) is 0.115. The minimum atomic E-state index is -3.00. The fourth-order valence-corrected chi connectivity index (χ4v) is 7.08. The Labute approximate surface area is 145 Å². The lowest BCUT2D eigenvalue weighted by atomic mass is 10.0. The van der Waals surface area contributed by atoms with Crippen LogP contribution in [0.1, 0.15) is 62.2 Å². The fraction of sp³-hybridized carbons (Fsp3) is 0.632. The van der Waals surface area contributed by atoms with Crippen molar-refractivity contribution in [1.82, 2.24) is 0 Å². The molecule has 0 radical (unpaired) electrons. The van der Waals surface area contributed by atoms with E-state index in [1.807, 2.05) is 0 Å². The summed E-state index contributed by atoms with van der Waals surface area (Å²) in [5.74, 6) is 0.902. The lowest BCUT2D eigenvalue weighted by molar-refractivity contribution is 0.106. The SMILES string of the molecule is CCCCP(=O)(C(=O)c1c(OC)cccc1OC)C1CCCCC1. The summed E-state index contributed by atoms with van der Waals surface area (Å²) in [4.78, 5) is 13.4. The maximum Gasteiger partial charge on any atom is 0.229 e. The van der Waals surface area contributed by atoms with Gasteiger partial charge in [0, 0.05) is 11.8 Å². The molecule has 0 heterocycles. The first-order valence-electron chi connectivity index (χ1n) is 8.93. The van der Waals surface area contributed by atoms with Crippen LogP contribution in [0.25, 0.3) is 0 Å². The second-order valence-electron chi connectivity index (χ2n) is 6.51. The summed E-state index contributed by atoms with van der Waals surface area (Å²) in [7, 11) is 0.0584. The van der Waals surface area contributed by atoms with E-state index in [1.165, 1.54) is 20.6 Å². The molecule has 0 N–H and O–H groups in total. The lowest BCUT2D eigenvalue weighted by Gasteiger charge is -2.30. The molecule has 2 rings (SSSR count). The Morgan fingerprint density at radius 3 is 2.21 bits per heavy atom. The average Bonchev–Trinajstić information content (AvgIpc) is 2.65. The van der Waals surface area contributed by atoms with Crippen LogP contribution in [0.4, 0.5) is 0 Å². The highest BCUT2D eigenvalue weighted by atomic mass is 31.2. The van der Waals surface area contributed by atoms with Crippen molar-refractivity contribution in [3.05, 3.63) is 23.8 Å². The number of hydrogen-bond acceptors (Lipinski definition) is 4. The number of hydrogen-bond donors (Lipinski definition) is 0.